The zero-order valence-corrected chi connectivity index (χ0v) is 14.3. The molecule has 4 rings (SSSR count). The molecular formula is C19H15FN2O2S. The van der Waals surface area contributed by atoms with Gasteiger partial charge in [-0.15, -0.1) is 0 Å². The summed E-state index contributed by atoms with van der Waals surface area (Å²) in [6, 6.07) is 13.9. The van der Waals surface area contributed by atoms with Crippen LogP contribution in [0.25, 0.3) is 11.3 Å². The molecule has 25 heavy (non-hydrogen) atoms. The molecule has 0 saturated carbocycles. The van der Waals surface area contributed by atoms with Gasteiger partial charge in [0.15, 0.2) is 0 Å². The number of carbonyl (C=O) groups excluding carboxylic acids is 1. The highest BCUT2D eigenvalue weighted by Gasteiger charge is 2.31. The largest absolute Gasteiger partial charge is 0.497 e. The summed E-state index contributed by atoms with van der Waals surface area (Å²) in [5, 5.41) is 2.93. The Morgan fingerprint density at radius 1 is 1.16 bits per heavy atom. The fourth-order valence-electron chi connectivity index (χ4n) is 3.04. The van der Waals surface area contributed by atoms with Crippen molar-refractivity contribution in [3.8, 4) is 17.0 Å². The summed E-state index contributed by atoms with van der Waals surface area (Å²) in [6.07, 6.45) is 0.379. The smallest absolute Gasteiger partial charge is 0.225 e. The first-order chi connectivity index (χ1) is 12.2. The van der Waals surface area contributed by atoms with Crippen LogP contribution in [0.2, 0.25) is 0 Å². The van der Waals surface area contributed by atoms with Crippen molar-refractivity contribution in [2.45, 2.75) is 12.3 Å². The highest BCUT2D eigenvalue weighted by molar-refractivity contribution is 7.07. The molecular weight excluding hydrogens is 339 g/mol. The Bertz CT molecular complexity index is 920. The maximum absolute atomic E-state index is 13.2. The van der Waals surface area contributed by atoms with Crippen molar-refractivity contribution in [3.05, 3.63) is 64.8 Å². The van der Waals surface area contributed by atoms with E-state index in [-0.39, 0.29) is 17.6 Å². The quantitative estimate of drug-likeness (QED) is 0.757. The van der Waals surface area contributed by atoms with E-state index in [9.17, 15) is 9.18 Å². The average Bonchev–Trinajstić information content (AvgIpc) is 3.05. The molecule has 1 amide bonds. The molecule has 1 unspecified atom stereocenters. The summed E-state index contributed by atoms with van der Waals surface area (Å²) in [6.45, 7) is 0. The number of ether oxygens (including phenoxy) is 1. The highest BCUT2D eigenvalue weighted by atomic mass is 32.1. The monoisotopic (exact) mass is 354 g/mol. The fourth-order valence-corrected chi connectivity index (χ4v) is 4.01. The lowest BCUT2D eigenvalue weighted by Gasteiger charge is -2.23. The van der Waals surface area contributed by atoms with Crippen LogP contribution in [0.4, 0.5) is 10.1 Å². The Morgan fingerprint density at radius 2 is 1.88 bits per heavy atom. The van der Waals surface area contributed by atoms with E-state index in [2.05, 4.69) is 9.69 Å². The van der Waals surface area contributed by atoms with Crippen LogP contribution < -0.4 is 10.1 Å². The minimum Gasteiger partial charge on any atom is -0.497 e. The van der Waals surface area contributed by atoms with Crippen molar-refractivity contribution in [1.29, 1.82) is 0 Å². The van der Waals surface area contributed by atoms with Gasteiger partial charge in [-0.25, -0.2) is 4.39 Å². The van der Waals surface area contributed by atoms with Gasteiger partial charge >= 0.3 is 0 Å². The molecule has 0 aliphatic carbocycles. The fraction of sp³-hybridized carbons (Fsp3) is 0.158. The number of fused-ring (bicyclic) bond motifs is 1. The molecule has 0 fully saturated rings. The first kappa shape index (κ1) is 15.8. The normalized spacial score (nSPS) is 16.2. The Balaban J connectivity index is 1.76. The number of amides is 1. The van der Waals surface area contributed by atoms with E-state index in [1.807, 2.05) is 24.3 Å². The lowest BCUT2D eigenvalue weighted by molar-refractivity contribution is -0.116. The molecule has 1 N–H and O–H groups in total. The van der Waals surface area contributed by atoms with Crippen LogP contribution >= 0.6 is 11.5 Å². The number of hydrogen-bond donors (Lipinski definition) is 1. The molecule has 1 aliphatic rings. The molecule has 1 atom stereocenters. The molecule has 2 heterocycles. The molecule has 0 saturated heterocycles. The minimum atomic E-state index is -0.298. The van der Waals surface area contributed by atoms with Gasteiger partial charge in [-0.2, -0.15) is 4.37 Å². The molecule has 126 valence electrons. The number of rotatable bonds is 3. The SMILES string of the molecule is COc1ccc(C2CC(=O)Nc3c(-c4ccc(F)cc4)nsc32)cc1. The molecule has 2 aromatic carbocycles. The average molecular weight is 354 g/mol. The van der Waals surface area contributed by atoms with E-state index in [0.717, 1.165) is 27.4 Å². The lowest BCUT2D eigenvalue weighted by Crippen LogP contribution is -2.22. The number of halogens is 1. The number of aromatic nitrogens is 1. The Morgan fingerprint density at radius 3 is 2.56 bits per heavy atom. The van der Waals surface area contributed by atoms with Gasteiger partial charge in [0.1, 0.15) is 17.3 Å². The minimum absolute atomic E-state index is 0.0404. The summed E-state index contributed by atoms with van der Waals surface area (Å²) in [5.41, 5.74) is 3.25. The number of anilines is 1. The van der Waals surface area contributed by atoms with Crippen molar-refractivity contribution in [2.24, 2.45) is 0 Å². The second kappa shape index (κ2) is 6.29. The number of benzene rings is 2. The van der Waals surface area contributed by atoms with Gasteiger partial charge in [-0.1, -0.05) is 12.1 Å². The number of methoxy groups -OCH3 is 1. The summed E-state index contributed by atoms with van der Waals surface area (Å²) >= 11 is 1.38. The molecule has 3 aromatic rings. The van der Waals surface area contributed by atoms with Crippen LogP contribution in [-0.4, -0.2) is 17.4 Å². The lowest BCUT2D eigenvalue weighted by atomic mass is 9.89. The van der Waals surface area contributed by atoms with Gasteiger partial charge in [-0.3, -0.25) is 4.79 Å². The zero-order chi connectivity index (χ0) is 17.4. The van der Waals surface area contributed by atoms with Crippen molar-refractivity contribution in [2.75, 3.05) is 12.4 Å². The van der Waals surface area contributed by atoms with E-state index in [4.69, 9.17) is 4.74 Å². The van der Waals surface area contributed by atoms with E-state index in [1.54, 1.807) is 19.2 Å². The second-order valence-corrected chi connectivity index (χ2v) is 6.66. The predicted octanol–water partition coefficient (Wildman–Crippen LogP) is 4.43. The van der Waals surface area contributed by atoms with Gasteiger partial charge in [0.05, 0.1) is 17.7 Å². The van der Waals surface area contributed by atoms with Crippen LogP contribution in [0.3, 0.4) is 0 Å². The molecule has 4 nitrogen and oxygen atoms in total. The van der Waals surface area contributed by atoms with Gasteiger partial charge in [0.25, 0.3) is 0 Å². The standard InChI is InChI=1S/C19H15FN2O2S/c1-24-14-8-4-11(5-9-14)15-10-16(23)21-18-17(22-25-19(15)18)12-2-6-13(20)7-3-12/h2-9,15H,10H2,1H3,(H,21,23). The summed E-state index contributed by atoms with van der Waals surface area (Å²) in [7, 11) is 1.62. The molecule has 0 spiro atoms. The van der Waals surface area contributed by atoms with Crippen LogP contribution in [0.5, 0.6) is 5.75 Å². The van der Waals surface area contributed by atoms with E-state index in [0.29, 0.717) is 12.1 Å². The number of carbonyl (C=O) groups is 1. The van der Waals surface area contributed by atoms with Gasteiger partial charge < -0.3 is 10.1 Å². The highest BCUT2D eigenvalue weighted by Crippen LogP contribution is 2.44. The summed E-state index contributed by atoms with van der Waals surface area (Å²) in [4.78, 5) is 13.3. The van der Waals surface area contributed by atoms with Crippen molar-refractivity contribution < 1.29 is 13.9 Å². The van der Waals surface area contributed by atoms with Gasteiger partial charge in [0.2, 0.25) is 5.91 Å². The maximum Gasteiger partial charge on any atom is 0.225 e. The van der Waals surface area contributed by atoms with Crippen LogP contribution in [0.15, 0.2) is 48.5 Å². The first-order valence-electron chi connectivity index (χ1n) is 7.85. The molecule has 0 radical (unpaired) electrons. The van der Waals surface area contributed by atoms with Crippen LogP contribution in [0.1, 0.15) is 22.8 Å². The third kappa shape index (κ3) is 2.89. The molecule has 1 aliphatic heterocycles. The number of nitrogens with one attached hydrogen (secondary N) is 1. The van der Waals surface area contributed by atoms with Crippen molar-refractivity contribution >= 4 is 23.1 Å². The van der Waals surface area contributed by atoms with E-state index < -0.39 is 0 Å². The Labute approximate surface area is 148 Å². The number of hydrogen-bond acceptors (Lipinski definition) is 4. The third-order valence-corrected chi connectivity index (χ3v) is 5.28. The zero-order valence-electron chi connectivity index (χ0n) is 13.5. The Hall–Kier alpha value is -2.73. The van der Waals surface area contributed by atoms with Crippen LogP contribution in [-0.2, 0) is 4.79 Å². The molecule has 6 heteroatoms. The Kier molecular flexibility index (Phi) is 3.97. The van der Waals surface area contributed by atoms with E-state index in [1.165, 1.54) is 23.7 Å². The van der Waals surface area contributed by atoms with Gasteiger partial charge in [-0.05, 0) is 53.5 Å². The van der Waals surface area contributed by atoms with Gasteiger partial charge in [0, 0.05) is 17.9 Å². The summed E-state index contributed by atoms with van der Waals surface area (Å²) < 4.78 is 22.9. The second-order valence-electron chi connectivity index (χ2n) is 5.86. The molecule has 1 aromatic heterocycles. The predicted molar refractivity (Wildman–Crippen MR) is 95.6 cm³/mol. The topological polar surface area (TPSA) is 51.2 Å². The van der Waals surface area contributed by atoms with E-state index >= 15 is 0 Å². The third-order valence-electron chi connectivity index (χ3n) is 4.32. The van der Waals surface area contributed by atoms with Crippen molar-refractivity contribution in [1.82, 2.24) is 4.37 Å². The number of nitrogens with zero attached hydrogens (tertiary/aromatic N) is 1. The maximum atomic E-state index is 13.2. The van der Waals surface area contributed by atoms with Crippen molar-refractivity contribution in [3.63, 3.8) is 0 Å². The van der Waals surface area contributed by atoms with Crippen LogP contribution in [0, 0.1) is 5.82 Å². The first-order valence-corrected chi connectivity index (χ1v) is 8.62. The molecule has 0 bridgehead atoms. The summed E-state index contributed by atoms with van der Waals surface area (Å²) in [5.74, 6) is 0.395.